The van der Waals surface area contributed by atoms with Gasteiger partial charge >= 0.3 is 5.97 Å². The molecule has 0 saturated heterocycles. The van der Waals surface area contributed by atoms with Gasteiger partial charge in [-0.3, -0.25) is 4.79 Å². The van der Waals surface area contributed by atoms with E-state index < -0.39 is 23.2 Å². The number of benzene rings is 1. The molecule has 19 heavy (non-hydrogen) atoms. The van der Waals surface area contributed by atoms with E-state index in [2.05, 4.69) is 0 Å². The van der Waals surface area contributed by atoms with Crippen LogP contribution in [0, 0.1) is 23.0 Å². The Morgan fingerprint density at radius 1 is 1.37 bits per heavy atom. The molecule has 0 bridgehead atoms. The number of rotatable bonds is 3. The summed E-state index contributed by atoms with van der Waals surface area (Å²) >= 11 is 0.708. The van der Waals surface area contributed by atoms with Crippen LogP contribution in [0.5, 0.6) is 0 Å². The Balaban J connectivity index is 2.74. The van der Waals surface area contributed by atoms with Crippen LogP contribution < -0.4 is 0 Å². The van der Waals surface area contributed by atoms with Crippen molar-refractivity contribution in [2.45, 2.75) is 31.3 Å². The lowest BCUT2D eigenvalue weighted by atomic mass is 10.2. The fraction of sp³-hybridized carbons (Fsp3) is 0.385. The minimum absolute atomic E-state index is 0.100. The lowest BCUT2D eigenvalue weighted by Crippen LogP contribution is -2.24. The second kappa shape index (κ2) is 6.02. The summed E-state index contributed by atoms with van der Waals surface area (Å²) in [5, 5.41) is 8.56. The van der Waals surface area contributed by atoms with Gasteiger partial charge in [0.05, 0.1) is 22.3 Å². The van der Waals surface area contributed by atoms with Gasteiger partial charge < -0.3 is 4.74 Å². The van der Waals surface area contributed by atoms with E-state index >= 15 is 0 Å². The van der Waals surface area contributed by atoms with Crippen LogP contribution in [0.2, 0.25) is 0 Å². The quantitative estimate of drug-likeness (QED) is 0.631. The fourth-order valence-electron chi connectivity index (χ4n) is 1.26. The van der Waals surface area contributed by atoms with Crippen molar-refractivity contribution in [3.63, 3.8) is 0 Å². The van der Waals surface area contributed by atoms with Crippen molar-refractivity contribution in [2.75, 3.05) is 5.75 Å². The zero-order valence-corrected chi connectivity index (χ0v) is 11.6. The van der Waals surface area contributed by atoms with Gasteiger partial charge in [-0.15, -0.1) is 11.8 Å². The molecule has 0 N–H and O–H groups in total. The SMILES string of the molecule is CC(C)(C)OC(=O)CSc1c(F)cc(C#N)cc1F. The van der Waals surface area contributed by atoms with E-state index in [1.54, 1.807) is 26.8 Å². The van der Waals surface area contributed by atoms with E-state index in [-0.39, 0.29) is 16.2 Å². The first kappa shape index (κ1) is 15.4. The van der Waals surface area contributed by atoms with Gasteiger partial charge in [-0.05, 0) is 32.9 Å². The van der Waals surface area contributed by atoms with E-state index in [9.17, 15) is 13.6 Å². The predicted octanol–water partition coefficient (Wildman–Crippen LogP) is 3.27. The van der Waals surface area contributed by atoms with E-state index in [0.29, 0.717) is 11.8 Å². The topological polar surface area (TPSA) is 50.1 Å². The molecule has 102 valence electrons. The molecule has 1 aromatic rings. The van der Waals surface area contributed by atoms with Crippen molar-refractivity contribution in [3.8, 4) is 6.07 Å². The van der Waals surface area contributed by atoms with Crippen LogP contribution in [-0.2, 0) is 9.53 Å². The summed E-state index contributed by atoms with van der Waals surface area (Å²) in [6, 6.07) is 3.51. The highest BCUT2D eigenvalue weighted by atomic mass is 32.2. The molecule has 0 aromatic heterocycles. The van der Waals surface area contributed by atoms with Crippen LogP contribution in [0.25, 0.3) is 0 Å². The summed E-state index contributed by atoms with van der Waals surface area (Å²) in [7, 11) is 0. The van der Waals surface area contributed by atoms with Gasteiger partial charge in [-0.1, -0.05) is 0 Å². The van der Waals surface area contributed by atoms with Crippen LogP contribution >= 0.6 is 11.8 Å². The highest BCUT2D eigenvalue weighted by molar-refractivity contribution is 8.00. The van der Waals surface area contributed by atoms with Gasteiger partial charge in [0.1, 0.15) is 17.2 Å². The van der Waals surface area contributed by atoms with Gasteiger partial charge in [-0.25, -0.2) is 8.78 Å². The molecule has 0 aliphatic rings. The molecule has 6 heteroatoms. The molecule has 1 rings (SSSR count). The zero-order chi connectivity index (χ0) is 14.6. The maximum absolute atomic E-state index is 13.5. The molecule has 0 aliphatic carbocycles. The van der Waals surface area contributed by atoms with Crippen LogP contribution in [0.3, 0.4) is 0 Å². The lowest BCUT2D eigenvalue weighted by Gasteiger charge is -2.19. The molecule has 0 saturated carbocycles. The normalized spacial score (nSPS) is 10.9. The van der Waals surface area contributed by atoms with Crippen molar-refractivity contribution < 1.29 is 18.3 Å². The van der Waals surface area contributed by atoms with Crippen molar-refractivity contribution in [3.05, 3.63) is 29.3 Å². The van der Waals surface area contributed by atoms with E-state index in [0.717, 1.165) is 12.1 Å². The summed E-state index contributed by atoms with van der Waals surface area (Å²) in [6.07, 6.45) is 0. The number of carbonyl (C=O) groups excluding carboxylic acids is 1. The molecule has 0 aliphatic heterocycles. The van der Waals surface area contributed by atoms with Gasteiger partial charge in [0.15, 0.2) is 0 Å². The Morgan fingerprint density at radius 3 is 2.32 bits per heavy atom. The smallest absolute Gasteiger partial charge is 0.316 e. The molecular weight excluding hydrogens is 272 g/mol. The average molecular weight is 285 g/mol. The van der Waals surface area contributed by atoms with Gasteiger partial charge in [-0.2, -0.15) is 5.26 Å². The molecular formula is C13H13F2NO2S. The standard InChI is InChI=1S/C13H13F2NO2S/c1-13(2,3)18-11(17)7-19-12-9(14)4-8(6-16)5-10(12)15/h4-5H,7H2,1-3H3. The third kappa shape index (κ3) is 4.87. The summed E-state index contributed by atoms with van der Waals surface area (Å²) in [5.41, 5.74) is -0.740. The summed E-state index contributed by atoms with van der Waals surface area (Å²) in [4.78, 5) is 11.2. The summed E-state index contributed by atoms with van der Waals surface area (Å²) < 4.78 is 32.1. The molecule has 0 heterocycles. The van der Waals surface area contributed by atoms with Gasteiger partial charge in [0, 0.05) is 0 Å². The number of carbonyl (C=O) groups is 1. The maximum Gasteiger partial charge on any atom is 0.316 e. The monoisotopic (exact) mass is 285 g/mol. The first-order chi connectivity index (χ1) is 8.73. The predicted molar refractivity (Wildman–Crippen MR) is 67.6 cm³/mol. The molecule has 0 fully saturated rings. The molecule has 0 amide bonds. The highest BCUT2D eigenvalue weighted by Gasteiger charge is 2.18. The third-order valence-corrected chi connectivity index (χ3v) is 2.94. The number of halogens is 2. The average Bonchev–Trinajstić information content (AvgIpc) is 2.25. The van der Waals surface area contributed by atoms with Gasteiger partial charge in [0.25, 0.3) is 0 Å². The molecule has 0 spiro atoms. The van der Waals surface area contributed by atoms with Crippen LogP contribution in [-0.4, -0.2) is 17.3 Å². The van der Waals surface area contributed by atoms with E-state index in [4.69, 9.17) is 10.00 Å². The second-order valence-corrected chi connectivity index (χ2v) is 5.74. The van der Waals surface area contributed by atoms with Crippen molar-refractivity contribution >= 4 is 17.7 Å². The largest absolute Gasteiger partial charge is 0.459 e. The van der Waals surface area contributed by atoms with Crippen molar-refractivity contribution in [2.24, 2.45) is 0 Å². The van der Waals surface area contributed by atoms with Crippen molar-refractivity contribution in [1.82, 2.24) is 0 Å². The molecule has 1 aromatic carbocycles. The van der Waals surface area contributed by atoms with Crippen LogP contribution in [0.1, 0.15) is 26.3 Å². The summed E-state index contributed by atoms with van der Waals surface area (Å²) in [6.45, 7) is 5.12. The molecule has 3 nitrogen and oxygen atoms in total. The fourth-order valence-corrected chi connectivity index (χ4v) is 1.98. The summed E-state index contributed by atoms with van der Waals surface area (Å²) in [5.74, 6) is -2.47. The maximum atomic E-state index is 13.5. The number of esters is 1. The zero-order valence-electron chi connectivity index (χ0n) is 10.8. The Hall–Kier alpha value is -1.61. The highest BCUT2D eigenvalue weighted by Crippen LogP contribution is 2.26. The number of hydrogen-bond acceptors (Lipinski definition) is 4. The minimum atomic E-state index is -0.856. The van der Waals surface area contributed by atoms with Crippen molar-refractivity contribution in [1.29, 1.82) is 5.26 Å². The molecule has 0 unspecified atom stereocenters. The number of nitriles is 1. The number of hydrogen-bond donors (Lipinski definition) is 0. The number of thioether (sulfide) groups is 1. The Morgan fingerprint density at radius 2 is 1.89 bits per heavy atom. The Bertz CT molecular complexity index is 509. The third-order valence-electron chi connectivity index (χ3n) is 1.88. The first-order valence-corrected chi connectivity index (χ1v) is 6.45. The Labute approximate surface area is 114 Å². The van der Waals surface area contributed by atoms with E-state index in [1.165, 1.54) is 0 Å². The first-order valence-electron chi connectivity index (χ1n) is 5.46. The van der Waals surface area contributed by atoms with Crippen LogP contribution in [0.15, 0.2) is 17.0 Å². The molecule has 0 atom stereocenters. The minimum Gasteiger partial charge on any atom is -0.459 e. The molecule has 0 radical (unpaired) electrons. The number of nitrogens with zero attached hydrogens (tertiary/aromatic N) is 1. The lowest BCUT2D eigenvalue weighted by molar-refractivity contribution is -0.151. The van der Waals surface area contributed by atoms with E-state index in [1.807, 2.05) is 0 Å². The Kier molecular flexibility index (Phi) is 4.90. The van der Waals surface area contributed by atoms with Crippen LogP contribution in [0.4, 0.5) is 8.78 Å². The second-order valence-electron chi connectivity index (χ2n) is 4.76. The number of ether oxygens (including phenoxy) is 1. The van der Waals surface area contributed by atoms with Gasteiger partial charge in [0.2, 0.25) is 0 Å².